The third kappa shape index (κ3) is 3.93. The smallest absolute Gasteiger partial charge is 0.341 e. The zero-order valence-electron chi connectivity index (χ0n) is 15.6. The van der Waals surface area contributed by atoms with Crippen molar-refractivity contribution < 1.29 is 24.3 Å². The maximum absolute atomic E-state index is 12.6. The molecule has 146 valence electrons. The van der Waals surface area contributed by atoms with Gasteiger partial charge in [0.05, 0.1) is 17.9 Å². The summed E-state index contributed by atoms with van der Waals surface area (Å²) in [5.74, 6) is -1.56. The SMILES string of the molecule is CCOC(=O)C1=C2CCCC(N(O)C(C)=O)=C2SC1=NC(=O)c1ccccc1. The molecule has 0 radical (unpaired) electrons. The minimum atomic E-state index is -0.562. The number of ether oxygens (including phenoxy) is 1. The van der Waals surface area contributed by atoms with Crippen LogP contribution in [-0.2, 0) is 14.3 Å². The first-order valence-corrected chi connectivity index (χ1v) is 9.75. The lowest BCUT2D eigenvalue weighted by Crippen LogP contribution is -2.26. The van der Waals surface area contributed by atoms with E-state index in [1.807, 2.05) is 0 Å². The van der Waals surface area contributed by atoms with Crippen molar-refractivity contribution in [1.29, 1.82) is 0 Å². The van der Waals surface area contributed by atoms with Gasteiger partial charge in [0, 0.05) is 17.4 Å². The molecule has 1 aliphatic heterocycles. The van der Waals surface area contributed by atoms with Crippen molar-refractivity contribution in [3.05, 3.63) is 57.6 Å². The van der Waals surface area contributed by atoms with Crippen LogP contribution in [-0.4, -0.2) is 39.7 Å². The molecule has 1 aliphatic carbocycles. The number of allylic oxidation sites excluding steroid dienone is 2. The Kier molecular flexibility index (Phi) is 6.11. The minimum absolute atomic E-state index is 0.186. The first kappa shape index (κ1) is 20.0. The lowest BCUT2D eigenvalue weighted by Gasteiger charge is -2.24. The van der Waals surface area contributed by atoms with Crippen molar-refractivity contribution in [1.82, 2.24) is 5.06 Å². The molecule has 0 saturated carbocycles. The van der Waals surface area contributed by atoms with Crippen molar-refractivity contribution in [2.45, 2.75) is 33.1 Å². The zero-order valence-corrected chi connectivity index (χ0v) is 16.4. The van der Waals surface area contributed by atoms with Gasteiger partial charge in [0.2, 0.25) is 5.91 Å². The molecule has 1 aromatic rings. The molecule has 1 heterocycles. The van der Waals surface area contributed by atoms with Gasteiger partial charge in [-0.05, 0) is 43.9 Å². The Hall–Kier alpha value is -2.71. The van der Waals surface area contributed by atoms with Crippen molar-refractivity contribution in [2.75, 3.05) is 6.61 Å². The average molecular weight is 400 g/mol. The van der Waals surface area contributed by atoms with Crippen LogP contribution in [0.15, 0.2) is 57.1 Å². The van der Waals surface area contributed by atoms with E-state index in [1.54, 1.807) is 37.3 Å². The van der Waals surface area contributed by atoms with Crippen molar-refractivity contribution in [2.24, 2.45) is 4.99 Å². The molecular formula is C20H20N2O5S. The highest BCUT2D eigenvalue weighted by Gasteiger charge is 2.38. The van der Waals surface area contributed by atoms with Gasteiger partial charge in [0.25, 0.3) is 5.91 Å². The van der Waals surface area contributed by atoms with E-state index >= 15 is 0 Å². The van der Waals surface area contributed by atoms with Crippen molar-refractivity contribution >= 4 is 34.6 Å². The number of nitrogens with zero attached hydrogens (tertiary/aromatic N) is 2. The molecule has 1 N–H and O–H groups in total. The van der Waals surface area contributed by atoms with E-state index in [0.717, 1.165) is 11.8 Å². The Morgan fingerprint density at radius 3 is 2.57 bits per heavy atom. The molecule has 0 saturated heterocycles. The molecule has 1 aromatic carbocycles. The van der Waals surface area contributed by atoms with Gasteiger partial charge in [-0.25, -0.2) is 9.79 Å². The van der Waals surface area contributed by atoms with Crippen LogP contribution in [0.3, 0.4) is 0 Å². The largest absolute Gasteiger partial charge is 0.462 e. The fourth-order valence-electron chi connectivity index (χ4n) is 3.09. The van der Waals surface area contributed by atoms with E-state index in [4.69, 9.17) is 4.74 Å². The number of amides is 2. The number of fused-ring (bicyclic) bond motifs is 1. The monoisotopic (exact) mass is 400 g/mol. The van der Waals surface area contributed by atoms with Crippen LogP contribution in [0.2, 0.25) is 0 Å². The first-order valence-electron chi connectivity index (χ1n) is 8.93. The molecule has 0 atom stereocenters. The second-order valence-electron chi connectivity index (χ2n) is 6.22. The molecule has 0 fully saturated rings. The molecule has 0 unspecified atom stereocenters. The van der Waals surface area contributed by atoms with Crippen LogP contribution in [0.4, 0.5) is 0 Å². The Bertz CT molecular complexity index is 918. The fraction of sp³-hybridized carbons (Fsp3) is 0.300. The van der Waals surface area contributed by atoms with Crippen LogP contribution >= 0.6 is 11.8 Å². The number of carbonyl (C=O) groups is 3. The highest BCUT2D eigenvalue weighted by Crippen LogP contribution is 2.47. The third-order valence-corrected chi connectivity index (χ3v) is 5.52. The van der Waals surface area contributed by atoms with Gasteiger partial charge in [0.15, 0.2) is 0 Å². The summed E-state index contributed by atoms with van der Waals surface area (Å²) in [5, 5.41) is 11.0. The van der Waals surface area contributed by atoms with Gasteiger partial charge in [0.1, 0.15) is 5.04 Å². The summed E-state index contributed by atoms with van der Waals surface area (Å²) in [4.78, 5) is 41.5. The van der Waals surface area contributed by atoms with Crippen LogP contribution in [0, 0.1) is 0 Å². The second kappa shape index (κ2) is 8.53. The van der Waals surface area contributed by atoms with Gasteiger partial charge < -0.3 is 4.74 Å². The molecular weight excluding hydrogens is 380 g/mol. The number of rotatable bonds is 4. The normalized spacial score (nSPS) is 17.6. The third-order valence-electron chi connectivity index (χ3n) is 4.35. The summed E-state index contributed by atoms with van der Waals surface area (Å²) in [6, 6.07) is 8.55. The van der Waals surface area contributed by atoms with E-state index in [-0.39, 0.29) is 17.2 Å². The average Bonchev–Trinajstić information content (AvgIpc) is 3.06. The second-order valence-corrected chi connectivity index (χ2v) is 7.22. The topological polar surface area (TPSA) is 96.3 Å². The minimum Gasteiger partial charge on any atom is -0.462 e. The summed E-state index contributed by atoms with van der Waals surface area (Å²) in [6.07, 6.45) is 1.71. The summed E-state index contributed by atoms with van der Waals surface area (Å²) >= 11 is 1.11. The Labute approximate surface area is 166 Å². The first-order chi connectivity index (χ1) is 13.4. The number of hydrogen-bond acceptors (Lipinski definition) is 6. The molecule has 0 spiro atoms. The standard InChI is InChI=1S/C20H20N2O5S/c1-3-27-20(25)16-14-10-7-11-15(22(26)12(2)23)17(14)28-19(16)21-18(24)13-8-5-4-6-9-13/h4-6,8-9,26H,3,7,10-11H2,1-2H3. The number of aliphatic imine (C=N–C) groups is 1. The number of hydroxylamine groups is 2. The fourth-order valence-corrected chi connectivity index (χ4v) is 4.36. The number of benzene rings is 1. The van der Waals surface area contributed by atoms with Crippen molar-refractivity contribution in [3.8, 4) is 0 Å². The van der Waals surface area contributed by atoms with Crippen LogP contribution < -0.4 is 0 Å². The number of carbonyl (C=O) groups excluding carboxylic acids is 3. The van der Waals surface area contributed by atoms with E-state index in [2.05, 4.69) is 4.99 Å². The van der Waals surface area contributed by atoms with Crippen molar-refractivity contribution in [3.63, 3.8) is 0 Å². The predicted molar refractivity (Wildman–Crippen MR) is 105 cm³/mol. The van der Waals surface area contributed by atoms with Gasteiger partial charge in [-0.3, -0.25) is 14.8 Å². The summed E-state index contributed by atoms with van der Waals surface area (Å²) < 4.78 is 5.17. The number of esters is 1. The molecule has 2 amide bonds. The number of thioether (sulfide) groups is 1. The predicted octanol–water partition coefficient (Wildman–Crippen LogP) is 3.47. The van der Waals surface area contributed by atoms with Gasteiger partial charge in [-0.2, -0.15) is 5.06 Å². The molecule has 3 rings (SSSR count). The maximum atomic E-state index is 12.6. The molecule has 0 bridgehead atoms. The van der Waals surface area contributed by atoms with E-state index < -0.39 is 17.8 Å². The highest BCUT2D eigenvalue weighted by molar-refractivity contribution is 8.18. The van der Waals surface area contributed by atoms with E-state index in [1.165, 1.54) is 6.92 Å². The Morgan fingerprint density at radius 1 is 1.21 bits per heavy atom. The maximum Gasteiger partial charge on any atom is 0.341 e. The quantitative estimate of drug-likeness (QED) is 0.472. The molecule has 2 aliphatic rings. The highest BCUT2D eigenvalue weighted by atomic mass is 32.2. The van der Waals surface area contributed by atoms with Crippen LogP contribution in [0.25, 0.3) is 0 Å². The van der Waals surface area contributed by atoms with Gasteiger partial charge >= 0.3 is 5.97 Å². The van der Waals surface area contributed by atoms with Gasteiger partial charge in [-0.15, -0.1) is 0 Å². The zero-order chi connectivity index (χ0) is 20.3. The summed E-state index contributed by atoms with van der Waals surface area (Å²) in [5.41, 5.74) is 1.71. The van der Waals surface area contributed by atoms with Crippen LogP contribution in [0.5, 0.6) is 0 Å². The summed E-state index contributed by atoms with van der Waals surface area (Å²) in [6.45, 7) is 3.14. The van der Waals surface area contributed by atoms with Crippen LogP contribution in [0.1, 0.15) is 43.5 Å². The lowest BCUT2D eigenvalue weighted by molar-refractivity contribution is -0.154. The summed E-state index contributed by atoms with van der Waals surface area (Å²) in [7, 11) is 0. The Balaban J connectivity index is 2.09. The van der Waals surface area contributed by atoms with E-state index in [0.29, 0.717) is 46.1 Å². The Morgan fingerprint density at radius 2 is 1.93 bits per heavy atom. The molecule has 28 heavy (non-hydrogen) atoms. The lowest BCUT2D eigenvalue weighted by atomic mass is 9.95. The van der Waals surface area contributed by atoms with Gasteiger partial charge in [-0.1, -0.05) is 30.0 Å². The van der Waals surface area contributed by atoms with E-state index in [9.17, 15) is 19.6 Å². The molecule has 7 nitrogen and oxygen atoms in total. The molecule has 8 heteroatoms. The molecule has 0 aromatic heterocycles. The number of hydrogen-bond donors (Lipinski definition) is 1.